The number of hydrogen-bond donors (Lipinski definition) is 1. The van der Waals surface area contributed by atoms with Gasteiger partial charge in [-0.25, -0.2) is 4.39 Å². The number of hydrogen-bond acceptors (Lipinski definition) is 6. The van der Waals surface area contributed by atoms with Crippen LogP contribution in [0.25, 0.3) is 11.1 Å². The van der Waals surface area contributed by atoms with Gasteiger partial charge in [-0.05, 0) is 42.5 Å². The minimum absolute atomic E-state index is 0.00755. The van der Waals surface area contributed by atoms with E-state index in [1.165, 1.54) is 46.8 Å². The van der Waals surface area contributed by atoms with E-state index >= 15 is 4.39 Å². The van der Waals surface area contributed by atoms with Crippen LogP contribution in [0.3, 0.4) is 0 Å². The molecule has 0 saturated carbocycles. The minimum Gasteiger partial charge on any atom is -0.495 e. The quantitative estimate of drug-likeness (QED) is 0.433. The van der Waals surface area contributed by atoms with Gasteiger partial charge < -0.3 is 14.2 Å². The van der Waals surface area contributed by atoms with Gasteiger partial charge >= 0.3 is 16.4 Å². The summed E-state index contributed by atoms with van der Waals surface area (Å²) in [6, 6.07) is 7.60. The van der Waals surface area contributed by atoms with Crippen molar-refractivity contribution < 1.29 is 40.0 Å². The van der Waals surface area contributed by atoms with Crippen LogP contribution in [-0.2, 0) is 21.2 Å². The Balaban J connectivity index is 1.44. The number of ether oxygens (including phenoxy) is 1. The molecule has 1 unspecified atom stereocenters. The molecular formula is C25H24F4N4O5S. The molecule has 0 radical (unpaired) electrons. The summed E-state index contributed by atoms with van der Waals surface area (Å²) in [4.78, 5) is 14.5. The number of rotatable bonds is 6. The average molecular weight is 569 g/mol. The Kier molecular flexibility index (Phi) is 7.01. The van der Waals surface area contributed by atoms with Crippen LogP contribution < -0.4 is 14.4 Å². The molecule has 2 fully saturated rings. The normalized spacial score (nSPS) is 20.5. The summed E-state index contributed by atoms with van der Waals surface area (Å²) in [7, 11) is -2.61. The fourth-order valence-corrected chi connectivity index (χ4v) is 6.43. The molecular weight excluding hydrogens is 544 g/mol. The number of nitrogens with zero attached hydrogens (tertiary/aromatic N) is 3. The Morgan fingerprint density at radius 1 is 1.15 bits per heavy atom. The first-order chi connectivity index (χ1) is 18.5. The Morgan fingerprint density at radius 3 is 2.64 bits per heavy atom. The number of piperidine rings is 2. The van der Waals surface area contributed by atoms with E-state index in [-0.39, 0.29) is 66.1 Å². The molecule has 14 heteroatoms. The van der Waals surface area contributed by atoms with Crippen molar-refractivity contribution in [3.8, 4) is 16.9 Å². The first-order valence-corrected chi connectivity index (χ1v) is 13.5. The number of halogens is 4. The van der Waals surface area contributed by atoms with Crippen LogP contribution in [0, 0.1) is 11.7 Å². The molecule has 2 aliphatic rings. The number of alkyl halides is 3. The van der Waals surface area contributed by atoms with E-state index in [4.69, 9.17) is 4.74 Å². The number of amides is 1. The van der Waals surface area contributed by atoms with Crippen molar-refractivity contribution in [1.29, 1.82) is 0 Å². The SMILES string of the molecule is COc1cc(-c2cccc(C(F)(F)F)c2)c(F)cc1N1C(=O)CC[C@@H]2CN(S(=O)(=O)Nc3ccon3)CCC21. The molecule has 1 N–H and O–H groups in total. The topological polar surface area (TPSA) is 105 Å². The third-order valence-electron chi connectivity index (χ3n) is 7.03. The Morgan fingerprint density at radius 2 is 1.95 bits per heavy atom. The summed E-state index contributed by atoms with van der Waals surface area (Å²) >= 11 is 0. The fourth-order valence-electron chi connectivity index (χ4n) is 5.20. The number of fused-ring (bicyclic) bond motifs is 1. The zero-order valence-electron chi connectivity index (χ0n) is 20.6. The van der Waals surface area contributed by atoms with Crippen molar-refractivity contribution in [2.75, 3.05) is 29.8 Å². The number of benzene rings is 2. The summed E-state index contributed by atoms with van der Waals surface area (Å²) in [5.41, 5.74) is -0.880. The predicted molar refractivity (Wildman–Crippen MR) is 133 cm³/mol. The van der Waals surface area contributed by atoms with Crippen LogP contribution in [0.5, 0.6) is 5.75 Å². The zero-order chi connectivity index (χ0) is 27.9. The summed E-state index contributed by atoms with van der Waals surface area (Å²) in [5.74, 6) is -1.20. The van der Waals surface area contributed by atoms with Crippen molar-refractivity contribution in [3.63, 3.8) is 0 Å². The van der Waals surface area contributed by atoms with Gasteiger partial charge in [0.1, 0.15) is 17.8 Å². The van der Waals surface area contributed by atoms with Gasteiger partial charge in [0, 0.05) is 43.2 Å². The van der Waals surface area contributed by atoms with E-state index in [2.05, 4.69) is 14.4 Å². The third-order valence-corrected chi connectivity index (χ3v) is 8.50. The lowest BCUT2D eigenvalue weighted by molar-refractivity contribution is -0.137. The van der Waals surface area contributed by atoms with E-state index in [9.17, 15) is 26.4 Å². The van der Waals surface area contributed by atoms with E-state index in [1.807, 2.05) is 0 Å². The highest BCUT2D eigenvalue weighted by Crippen LogP contribution is 2.42. The van der Waals surface area contributed by atoms with E-state index in [0.717, 1.165) is 18.2 Å². The molecule has 0 bridgehead atoms. The van der Waals surface area contributed by atoms with E-state index in [0.29, 0.717) is 6.42 Å². The van der Waals surface area contributed by atoms with Gasteiger partial charge in [-0.1, -0.05) is 17.3 Å². The van der Waals surface area contributed by atoms with Gasteiger partial charge in [0.2, 0.25) is 5.91 Å². The maximum atomic E-state index is 15.4. The van der Waals surface area contributed by atoms with Crippen LogP contribution in [0.1, 0.15) is 24.8 Å². The Labute approximate surface area is 221 Å². The monoisotopic (exact) mass is 568 g/mol. The zero-order valence-corrected chi connectivity index (χ0v) is 21.4. The molecule has 2 saturated heterocycles. The third kappa shape index (κ3) is 5.30. The number of anilines is 2. The lowest BCUT2D eigenvalue weighted by atomic mass is 9.84. The van der Waals surface area contributed by atoms with Crippen molar-refractivity contribution in [2.45, 2.75) is 31.5 Å². The van der Waals surface area contributed by atoms with Gasteiger partial charge in [-0.2, -0.15) is 25.9 Å². The van der Waals surface area contributed by atoms with Crippen LogP contribution >= 0.6 is 0 Å². The molecule has 5 rings (SSSR count). The van der Waals surface area contributed by atoms with Gasteiger partial charge in [-0.15, -0.1) is 0 Å². The molecule has 39 heavy (non-hydrogen) atoms. The van der Waals surface area contributed by atoms with Crippen molar-refractivity contribution in [2.24, 2.45) is 5.92 Å². The molecule has 208 valence electrons. The standard InChI is InChI=1S/C25H24F4N4O5S/c1-37-22-12-18(15-3-2-4-17(11-15)25(27,28)29)19(26)13-21(22)33-20-7-9-32(14-16(20)5-6-24(33)34)39(35,36)31-23-8-10-38-30-23/h2-4,8,10-13,16,20H,5-7,9,14H2,1H3,(H,30,31)/t16-,20?/m1/s1. The fraction of sp³-hybridized carbons (Fsp3) is 0.360. The molecule has 3 aromatic rings. The van der Waals surface area contributed by atoms with Crippen LogP contribution in [0.15, 0.2) is 53.3 Å². The minimum atomic E-state index is -4.60. The average Bonchev–Trinajstić information content (AvgIpc) is 3.40. The molecule has 3 heterocycles. The second-order valence-corrected chi connectivity index (χ2v) is 11.0. The maximum absolute atomic E-state index is 15.4. The highest BCUT2D eigenvalue weighted by Gasteiger charge is 2.44. The van der Waals surface area contributed by atoms with Crippen molar-refractivity contribution >= 4 is 27.6 Å². The van der Waals surface area contributed by atoms with Crippen molar-refractivity contribution in [1.82, 2.24) is 9.46 Å². The smallest absolute Gasteiger partial charge is 0.416 e. The maximum Gasteiger partial charge on any atom is 0.416 e. The molecule has 2 aliphatic heterocycles. The lowest BCUT2D eigenvalue weighted by Gasteiger charge is -2.46. The molecule has 0 aliphatic carbocycles. The Bertz CT molecular complexity index is 1480. The number of methoxy groups -OCH3 is 1. The van der Waals surface area contributed by atoms with Gasteiger partial charge in [0.15, 0.2) is 5.82 Å². The summed E-state index contributed by atoms with van der Waals surface area (Å²) in [6.45, 7) is 0.208. The first-order valence-electron chi connectivity index (χ1n) is 12.0. The van der Waals surface area contributed by atoms with E-state index < -0.39 is 33.8 Å². The van der Waals surface area contributed by atoms with Crippen LogP contribution in [0.4, 0.5) is 29.1 Å². The molecule has 1 amide bonds. The number of nitrogens with one attached hydrogen (secondary N) is 1. The van der Waals surface area contributed by atoms with Crippen LogP contribution in [-0.4, -0.2) is 50.0 Å². The Hall–Kier alpha value is -3.65. The lowest BCUT2D eigenvalue weighted by Crippen LogP contribution is -2.57. The number of aromatic nitrogens is 1. The first kappa shape index (κ1) is 26.9. The number of carbonyl (C=O) groups excluding carboxylic acids is 1. The highest BCUT2D eigenvalue weighted by atomic mass is 32.2. The summed E-state index contributed by atoms with van der Waals surface area (Å²) < 4.78 is 94.5. The second-order valence-electron chi connectivity index (χ2n) is 9.35. The highest BCUT2D eigenvalue weighted by molar-refractivity contribution is 7.90. The van der Waals surface area contributed by atoms with Crippen molar-refractivity contribution in [3.05, 3.63) is 60.1 Å². The summed E-state index contributed by atoms with van der Waals surface area (Å²) in [6.07, 6.45) is -2.55. The van der Waals surface area contributed by atoms with Gasteiger partial charge in [0.25, 0.3) is 0 Å². The molecule has 2 aromatic carbocycles. The molecule has 2 atom stereocenters. The van der Waals surface area contributed by atoms with Gasteiger partial charge in [0.05, 0.1) is 18.4 Å². The molecule has 0 spiro atoms. The number of carbonyl (C=O) groups is 1. The molecule has 9 nitrogen and oxygen atoms in total. The largest absolute Gasteiger partial charge is 0.495 e. The second kappa shape index (κ2) is 10.2. The summed E-state index contributed by atoms with van der Waals surface area (Å²) in [5, 5.41) is 3.56. The molecule has 1 aromatic heterocycles. The van der Waals surface area contributed by atoms with Crippen LogP contribution in [0.2, 0.25) is 0 Å². The predicted octanol–water partition coefficient (Wildman–Crippen LogP) is 4.68. The van der Waals surface area contributed by atoms with E-state index in [1.54, 1.807) is 0 Å². The van der Waals surface area contributed by atoms with Gasteiger partial charge in [-0.3, -0.25) is 9.52 Å².